The number of thioether (sulfide) groups is 1. The lowest BCUT2D eigenvalue weighted by atomic mass is 10.1. The number of imide groups is 1. The van der Waals surface area contributed by atoms with E-state index in [0.29, 0.717) is 16.6 Å². The number of fused-ring (bicyclic) bond motifs is 1. The van der Waals surface area contributed by atoms with E-state index < -0.39 is 5.25 Å². The molecule has 1 aliphatic rings. The standard InChI is InChI=1S/C22H21N3O3S/c1-12-9-17-14(3)23-22(24-18(17)10-13(12)2)29-19-11-20(26)25(21(19)27)15-5-7-16(28-4)8-6-15/h5-10,19H,11H2,1-4H3/t19-/m0/s1. The summed E-state index contributed by atoms with van der Waals surface area (Å²) in [7, 11) is 1.57. The average Bonchev–Trinajstić information content (AvgIpc) is 2.97. The van der Waals surface area contributed by atoms with E-state index in [0.717, 1.165) is 22.2 Å². The zero-order valence-electron chi connectivity index (χ0n) is 16.7. The highest BCUT2D eigenvalue weighted by Gasteiger charge is 2.40. The molecule has 0 bridgehead atoms. The average molecular weight is 407 g/mol. The first-order chi connectivity index (χ1) is 13.9. The van der Waals surface area contributed by atoms with E-state index in [1.807, 2.05) is 19.9 Å². The Kier molecular flexibility index (Phi) is 5.00. The second kappa shape index (κ2) is 7.48. The van der Waals surface area contributed by atoms with E-state index in [2.05, 4.69) is 23.0 Å². The third kappa shape index (κ3) is 3.58. The zero-order valence-corrected chi connectivity index (χ0v) is 17.5. The number of carbonyl (C=O) groups excluding carboxylic acids is 2. The Morgan fingerprint density at radius 1 is 1.03 bits per heavy atom. The molecule has 29 heavy (non-hydrogen) atoms. The maximum Gasteiger partial charge on any atom is 0.247 e. The summed E-state index contributed by atoms with van der Waals surface area (Å²) in [6.45, 7) is 6.05. The Hall–Kier alpha value is -2.93. The molecule has 7 heteroatoms. The number of aromatic nitrogens is 2. The molecule has 0 N–H and O–H groups in total. The van der Waals surface area contributed by atoms with Crippen LogP contribution in [0.1, 0.15) is 23.2 Å². The van der Waals surface area contributed by atoms with Gasteiger partial charge in [0.05, 0.1) is 18.3 Å². The fourth-order valence-corrected chi connectivity index (χ4v) is 4.42. The fraction of sp³-hybridized carbons (Fsp3) is 0.273. The molecular formula is C22H21N3O3S. The van der Waals surface area contributed by atoms with Crippen LogP contribution < -0.4 is 9.64 Å². The van der Waals surface area contributed by atoms with Crippen molar-refractivity contribution in [2.45, 2.75) is 37.6 Å². The van der Waals surface area contributed by atoms with Crippen molar-refractivity contribution in [2.75, 3.05) is 12.0 Å². The van der Waals surface area contributed by atoms with E-state index >= 15 is 0 Å². The van der Waals surface area contributed by atoms with E-state index in [1.54, 1.807) is 31.4 Å². The number of hydrogen-bond acceptors (Lipinski definition) is 6. The van der Waals surface area contributed by atoms with Gasteiger partial charge in [-0.05, 0) is 68.3 Å². The first kappa shape index (κ1) is 19.4. The number of aryl methyl sites for hydroxylation is 3. The topological polar surface area (TPSA) is 72.4 Å². The Morgan fingerprint density at radius 3 is 2.41 bits per heavy atom. The van der Waals surface area contributed by atoms with Crippen molar-refractivity contribution in [1.29, 1.82) is 0 Å². The Morgan fingerprint density at radius 2 is 1.72 bits per heavy atom. The minimum absolute atomic E-state index is 0.128. The third-order valence-corrected chi connectivity index (χ3v) is 6.21. The van der Waals surface area contributed by atoms with Crippen molar-refractivity contribution >= 4 is 40.2 Å². The van der Waals surface area contributed by atoms with Crippen LogP contribution in [0, 0.1) is 20.8 Å². The summed E-state index contributed by atoms with van der Waals surface area (Å²) in [5, 5.41) is 0.986. The maximum absolute atomic E-state index is 12.9. The minimum Gasteiger partial charge on any atom is -0.497 e. The lowest BCUT2D eigenvalue weighted by molar-refractivity contribution is -0.121. The third-order valence-electron chi connectivity index (χ3n) is 5.16. The van der Waals surface area contributed by atoms with Crippen LogP contribution in [0.25, 0.3) is 10.9 Å². The van der Waals surface area contributed by atoms with Gasteiger partial charge in [0, 0.05) is 17.5 Å². The van der Waals surface area contributed by atoms with Crippen LogP contribution in [0.15, 0.2) is 41.6 Å². The van der Waals surface area contributed by atoms with Crippen LogP contribution in [-0.2, 0) is 9.59 Å². The molecule has 1 aromatic heterocycles. The van der Waals surface area contributed by atoms with E-state index in [9.17, 15) is 9.59 Å². The fourth-order valence-electron chi connectivity index (χ4n) is 3.39. The number of anilines is 1. The molecule has 1 saturated heterocycles. The second-order valence-electron chi connectivity index (χ2n) is 7.12. The van der Waals surface area contributed by atoms with Gasteiger partial charge >= 0.3 is 0 Å². The highest BCUT2D eigenvalue weighted by atomic mass is 32.2. The molecule has 0 radical (unpaired) electrons. The molecule has 4 rings (SSSR count). The van der Waals surface area contributed by atoms with Gasteiger partial charge < -0.3 is 4.74 Å². The summed E-state index contributed by atoms with van der Waals surface area (Å²) in [4.78, 5) is 35.9. The van der Waals surface area contributed by atoms with Crippen LogP contribution in [0.5, 0.6) is 5.75 Å². The van der Waals surface area contributed by atoms with Crippen molar-refractivity contribution in [3.05, 3.63) is 53.2 Å². The molecule has 2 aromatic carbocycles. The van der Waals surface area contributed by atoms with E-state index in [-0.39, 0.29) is 18.2 Å². The van der Waals surface area contributed by atoms with Gasteiger partial charge in [-0.25, -0.2) is 14.9 Å². The molecular weight excluding hydrogens is 386 g/mol. The first-order valence-corrected chi connectivity index (χ1v) is 10.2. The normalized spacial score (nSPS) is 16.7. The number of nitrogens with zero attached hydrogens (tertiary/aromatic N) is 3. The van der Waals surface area contributed by atoms with Crippen LogP contribution in [0.3, 0.4) is 0 Å². The quantitative estimate of drug-likeness (QED) is 0.481. The van der Waals surface area contributed by atoms with Crippen LogP contribution in [0.4, 0.5) is 5.69 Å². The summed E-state index contributed by atoms with van der Waals surface area (Å²) in [5.74, 6) is 0.206. The van der Waals surface area contributed by atoms with Gasteiger partial charge in [0.15, 0.2) is 5.16 Å². The van der Waals surface area contributed by atoms with Gasteiger partial charge in [-0.2, -0.15) is 0 Å². The molecule has 1 fully saturated rings. The molecule has 0 spiro atoms. The molecule has 2 amide bonds. The van der Waals surface area contributed by atoms with E-state index in [1.165, 1.54) is 22.2 Å². The number of benzene rings is 2. The number of amides is 2. The molecule has 148 valence electrons. The Balaban J connectivity index is 1.60. The minimum atomic E-state index is -0.534. The molecule has 0 aliphatic carbocycles. The predicted molar refractivity (Wildman–Crippen MR) is 113 cm³/mol. The second-order valence-corrected chi connectivity index (χ2v) is 8.29. The maximum atomic E-state index is 12.9. The van der Waals surface area contributed by atoms with Gasteiger partial charge in [-0.15, -0.1) is 0 Å². The van der Waals surface area contributed by atoms with Gasteiger partial charge in [0.25, 0.3) is 0 Å². The number of hydrogen-bond donors (Lipinski definition) is 0. The molecule has 2 heterocycles. The zero-order chi connectivity index (χ0) is 20.7. The van der Waals surface area contributed by atoms with Gasteiger partial charge in [0.2, 0.25) is 11.8 Å². The van der Waals surface area contributed by atoms with Crippen LogP contribution in [0.2, 0.25) is 0 Å². The highest BCUT2D eigenvalue weighted by molar-refractivity contribution is 8.00. The molecule has 3 aromatic rings. The molecule has 0 unspecified atom stereocenters. The predicted octanol–water partition coefficient (Wildman–Crippen LogP) is 3.99. The molecule has 1 atom stereocenters. The van der Waals surface area contributed by atoms with E-state index in [4.69, 9.17) is 4.74 Å². The lowest BCUT2D eigenvalue weighted by Crippen LogP contribution is -2.31. The van der Waals surface area contributed by atoms with Gasteiger partial charge in [-0.3, -0.25) is 9.59 Å². The van der Waals surface area contributed by atoms with Crippen molar-refractivity contribution in [3.63, 3.8) is 0 Å². The Bertz CT molecular complexity index is 1130. The highest BCUT2D eigenvalue weighted by Crippen LogP contribution is 2.34. The summed E-state index contributed by atoms with van der Waals surface area (Å²) in [6, 6.07) is 11.0. The van der Waals surface area contributed by atoms with Crippen LogP contribution >= 0.6 is 11.8 Å². The first-order valence-electron chi connectivity index (χ1n) is 9.30. The monoisotopic (exact) mass is 407 g/mol. The van der Waals surface area contributed by atoms with Crippen molar-refractivity contribution in [3.8, 4) is 5.75 Å². The largest absolute Gasteiger partial charge is 0.497 e. The number of rotatable bonds is 4. The smallest absolute Gasteiger partial charge is 0.247 e. The Labute approximate surface area is 173 Å². The molecule has 1 aliphatic heterocycles. The molecule has 6 nitrogen and oxygen atoms in total. The summed E-state index contributed by atoms with van der Waals surface area (Å²) in [6.07, 6.45) is 0.128. The number of carbonyl (C=O) groups is 2. The summed E-state index contributed by atoms with van der Waals surface area (Å²) in [5.41, 5.74) is 4.61. The lowest BCUT2D eigenvalue weighted by Gasteiger charge is -2.15. The van der Waals surface area contributed by atoms with Crippen LogP contribution in [-0.4, -0.2) is 34.1 Å². The number of ether oxygens (including phenoxy) is 1. The summed E-state index contributed by atoms with van der Waals surface area (Å²) >= 11 is 1.25. The number of methoxy groups -OCH3 is 1. The van der Waals surface area contributed by atoms with Crippen molar-refractivity contribution in [2.24, 2.45) is 0 Å². The van der Waals surface area contributed by atoms with Gasteiger partial charge in [-0.1, -0.05) is 11.8 Å². The molecule has 0 saturated carbocycles. The SMILES string of the molecule is COc1ccc(N2C(=O)C[C@H](Sc3nc(C)c4cc(C)c(C)cc4n3)C2=O)cc1. The van der Waals surface area contributed by atoms with Gasteiger partial charge in [0.1, 0.15) is 11.0 Å². The van der Waals surface area contributed by atoms with Crippen molar-refractivity contribution in [1.82, 2.24) is 9.97 Å². The summed E-state index contributed by atoms with van der Waals surface area (Å²) < 4.78 is 5.14. The van der Waals surface area contributed by atoms with Crippen molar-refractivity contribution < 1.29 is 14.3 Å².